The van der Waals surface area contributed by atoms with Crippen molar-refractivity contribution in [2.75, 3.05) is 13.1 Å². The van der Waals surface area contributed by atoms with E-state index >= 15 is 0 Å². The number of aromatic nitrogens is 1. The van der Waals surface area contributed by atoms with E-state index in [1.807, 2.05) is 0 Å². The van der Waals surface area contributed by atoms with Gasteiger partial charge < -0.3 is 5.73 Å². The summed E-state index contributed by atoms with van der Waals surface area (Å²) in [5.74, 6) is 0. The fourth-order valence-corrected chi connectivity index (χ4v) is 4.66. The zero-order valence-corrected chi connectivity index (χ0v) is 12.9. The number of fused-ring (bicyclic) bond motifs is 1. The van der Waals surface area contributed by atoms with E-state index in [4.69, 9.17) is 17.3 Å². The lowest BCUT2D eigenvalue weighted by atomic mass is 10.1. The van der Waals surface area contributed by atoms with Gasteiger partial charge in [0.2, 0.25) is 10.0 Å². The van der Waals surface area contributed by atoms with Crippen LogP contribution in [0.2, 0.25) is 5.15 Å². The van der Waals surface area contributed by atoms with Crippen molar-refractivity contribution < 1.29 is 8.42 Å². The van der Waals surface area contributed by atoms with Crippen LogP contribution in [0.25, 0.3) is 10.8 Å². The van der Waals surface area contributed by atoms with Crippen molar-refractivity contribution in [3.63, 3.8) is 0 Å². The standard InChI is InChI=1S/C14H16ClN3O2S/c15-14-12-4-1-5-13(11(12)6-7-17-14)21(19,20)18-8-2-3-10(16)9-18/h1,4-7,10H,2-3,8-9,16H2. The maximum absolute atomic E-state index is 12.9. The second-order valence-electron chi connectivity index (χ2n) is 5.22. The molecule has 5 nitrogen and oxygen atoms in total. The third-order valence-corrected chi connectivity index (χ3v) is 5.98. The normalized spacial score (nSPS) is 20.8. The molecule has 2 heterocycles. The first-order chi connectivity index (χ1) is 10.00. The van der Waals surface area contributed by atoms with Crippen molar-refractivity contribution in [2.45, 2.75) is 23.8 Å². The summed E-state index contributed by atoms with van der Waals surface area (Å²) in [5, 5.41) is 1.54. The van der Waals surface area contributed by atoms with Crippen molar-refractivity contribution in [1.29, 1.82) is 0 Å². The Kier molecular flexibility index (Phi) is 3.88. The van der Waals surface area contributed by atoms with E-state index in [1.54, 1.807) is 24.3 Å². The Balaban J connectivity index is 2.13. The number of nitrogens with zero attached hydrogens (tertiary/aromatic N) is 2. The van der Waals surface area contributed by atoms with Gasteiger partial charge in [-0.1, -0.05) is 23.7 Å². The second-order valence-corrected chi connectivity index (χ2v) is 7.48. The number of hydrogen-bond acceptors (Lipinski definition) is 4. The number of halogens is 1. The van der Waals surface area contributed by atoms with E-state index < -0.39 is 10.0 Å². The van der Waals surface area contributed by atoms with E-state index in [9.17, 15) is 8.42 Å². The molecular formula is C14H16ClN3O2S. The predicted molar refractivity (Wildman–Crippen MR) is 82.7 cm³/mol. The van der Waals surface area contributed by atoms with Crippen LogP contribution in [0, 0.1) is 0 Å². The maximum Gasteiger partial charge on any atom is 0.243 e. The number of pyridine rings is 1. The van der Waals surface area contributed by atoms with Crippen LogP contribution >= 0.6 is 11.6 Å². The number of piperidine rings is 1. The Bertz CT molecular complexity index is 779. The molecule has 0 spiro atoms. The Morgan fingerprint density at radius 2 is 2.10 bits per heavy atom. The summed E-state index contributed by atoms with van der Waals surface area (Å²) < 4.78 is 27.2. The van der Waals surface area contributed by atoms with Gasteiger partial charge in [0.25, 0.3) is 0 Å². The summed E-state index contributed by atoms with van der Waals surface area (Å²) in [4.78, 5) is 4.25. The molecule has 1 aromatic carbocycles. The van der Waals surface area contributed by atoms with Crippen LogP contribution in [0.15, 0.2) is 35.4 Å². The highest BCUT2D eigenvalue weighted by Crippen LogP contribution is 2.29. The molecule has 1 unspecified atom stereocenters. The Morgan fingerprint density at radius 1 is 1.29 bits per heavy atom. The highest BCUT2D eigenvalue weighted by molar-refractivity contribution is 7.89. The highest BCUT2D eigenvalue weighted by atomic mass is 35.5. The van der Waals surface area contributed by atoms with Crippen molar-refractivity contribution in [3.05, 3.63) is 35.6 Å². The maximum atomic E-state index is 12.9. The van der Waals surface area contributed by atoms with Crippen LogP contribution in [0.3, 0.4) is 0 Å². The first-order valence-corrected chi connectivity index (χ1v) is 8.61. The third kappa shape index (κ3) is 2.64. The van der Waals surface area contributed by atoms with E-state index in [2.05, 4.69) is 4.98 Å². The molecular weight excluding hydrogens is 310 g/mol. The van der Waals surface area contributed by atoms with Gasteiger partial charge >= 0.3 is 0 Å². The van der Waals surface area contributed by atoms with Crippen molar-refractivity contribution >= 4 is 32.4 Å². The zero-order chi connectivity index (χ0) is 15.0. The first kappa shape index (κ1) is 14.7. The molecule has 1 atom stereocenters. The Morgan fingerprint density at radius 3 is 2.86 bits per heavy atom. The van der Waals surface area contributed by atoms with Crippen molar-refractivity contribution in [3.8, 4) is 0 Å². The van der Waals surface area contributed by atoms with Crippen LogP contribution in [-0.2, 0) is 10.0 Å². The molecule has 21 heavy (non-hydrogen) atoms. The molecule has 0 radical (unpaired) electrons. The quantitative estimate of drug-likeness (QED) is 0.857. The number of hydrogen-bond donors (Lipinski definition) is 1. The molecule has 1 fully saturated rings. The molecule has 0 amide bonds. The molecule has 0 bridgehead atoms. The average molecular weight is 326 g/mol. The average Bonchev–Trinajstić information content (AvgIpc) is 2.47. The van der Waals surface area contributed by atoms with Crippen LogP contribution in [0.1, 0.15) is 12.8 Å². The number of rotatable bonds is 2. The van der Waals surface area contributed by atoms with Gasteiger partial charge in [-0.3, -0.25) is 0 Å². The van der Waals surface area contributed by atoms with Gasteiger partial charge in [0, 0.05) is 36.1 Å². The van der Waals surface area contributed by atoms with Gasteiger partial charge in [0.1, 0.15) is 5.15 Å². The minimum atomic E-state index is -3.57. The molecule has 1 aliphatic rings. The summed E-state index contributed by atoms with van der Waals surface area (Å²) in [5.41, 5.74) is 5.90. The molecule has 112 valence electrons. The van der Waals surface area contributed by atoms with Gasteiger partial charge in [0.15, 0.2) is 0 Å². The number of sulfonamides is 1. The largest absolute Gasteiger partial charge is 0.327 e. The third-order valence-electron chi connectivity index (χ3n) is 3.76. The van der Waals surface area contributed by atoms with E-state index in [1.165, 1.54) is 10.5 Å². The van der Waals surface area contributed by atoms with Crippen LogP contribution < -0.4 is 5.73 Å². The fourth-order valence-electron chi connectivity index (χ4n) is 2.70. The predicted octanol–water partition coefficient (Wildman–Crippen LogP) is 2.00. The minimum Gasteiger partial charge on any atom is -0.327 e. The van der Waals surface area contributed by atoms with Crippen molar-refractivity contribution in [2.24, 2.45) is 5.73 Å². The van der Waals surface area contributed by atoms with Gasteiger partial charge in [-0.25, -0.2) is 13.4 Å². The molecule has 1 aliphatic heterocycles. The van der Waals surface area contributed by atoms with Gasteiger partial charge in [-0.2, -0.15) is 4.31 Å². The van der Waals surface area contributed by atoms with Crippen LogP contribution in [-0.4, -0.2) is 36.8 Å². The van der Waals surface area contributed by atoms with Crippen LogP contribution in [0.5, 0.6) is 0 Å². The first-order valence-electron chi connectivity index (χ1n) is 6.79. The molecule has 1 saturated heterocycles. The lowest BCUT2D eigenvalue weighted by Gasteiger charge is -2.30. The van der Waals surface area contributed by atoms with E-state index in [-0.39, 0.29) is 10.9 Å². The Hall–Kier alpha value is -1.21. The molecule has 0 saturated carbocycles. The lowest BCUT2D eigenvalue weighted by molar-refractivity contribution is 0.316. The second kappa shape index (κ2) is 5.53. The van der Waals surface area contributed by atoms with Crippen molar-refractivity contribution in [1.82, 2.24) is 9.29 Å². The number of benzene rings is 1. The zero-order valence-electron chi connectivity index (χ0n) is 11.4. The van der Waals surface area contributed by atoms with Gasteiger partial charge in [0.05, 0.1) is 4.90 Å². The topological polar surface area (TPSA) is 76.3 Å². The lowest BCUT2D eigenvalue weighted by Crippen LogP contribution is -2.45. The Labute approximate surface area is 128 Å². The summed E-state index contributed by atoms with van der Waals surface area (Å²) >= 11 is 6.05. The summed E-state index contributed by atoms with van der Waals surface area (Å²) in [6, 6.07) is 6.64. The van der Waals surface area contributed by atoms with Crippen LogP contribution in [0.4, 0.5) is 0 Å². The smallest absolute Gasteiger partial charge is 0.243 e. The monoisotopic (exact) mass is 325 g/mol. The highest BCUT2D eigenvalue weighted by Gasteiger charge is 2.30. The molecule has 2 aromatic rings. The van der Waals surface area contributed by atoms with Gasteiger partial charge in [-0.15, -0.1) is 0 Å². The number of nitrogens with two attached hydrogens (primary N) is 1. The van der Waals surface area contributed by atoms with E-state index in [0.29, 0.717) is 29.0 Å². The minimum absolute atomic E-state index is 0.103. The fraction of sp³-hybridized carbons (Fsp3) is 0.357. The summed E-state index contributed by atoms with van der Waals surface area (Å²) in [6.45, 7) is 0.864. The molecule has 3 rings (SSSR count). The molecule has 2 N–H and O–H groups in total. The summed E-state index contributed by atoms with van der Waals surface area (Å²) in [7, 11) is -3.57. The SMILES string of the molecule is NC1CCCN(S(=O)(=O)c2cccc3c(Cl)nccc23)C1. The van der Waals surface area contributed by atoms with E-state index in [0.717, 1.165) is 12.8 Å². The molecule has 7 heteroatoms. The van der Waals surface area contributed by atoms with Gasteiger partial charge in [-0.05, 0) is 25.0 Å². The summed E-state index contributed by atoms with van der Waals surface area (Å²) in [6.07, 6.45) is 3.16. The molecule has 1 aromatic heterocycles. The molecule has 0 aliphatic carbocycles.